The zero-order valence-electron chi connectivity index (χ0n) is 14.6. The van der Waals surface area contributed by atoms with Crippen LogP contribution in [0.1, 0.15) is 28.4 Å². The molecule has 1 aliphatic heterocycles. The summed E-state index contributed by atoms with van der Waals surface area (Å²) in [4.78, 5) is 22.6. The SMILES string of the molecule is CC(=O)c1cccc(Nc2cc(N3CCc4ccccc4C3)ncn2)c1. The van der Waals surface area contributed by atoms with Gasteiger partial charge in [-0.15, -0.1) is 0 Å². The van der Waals surface area contributed by atoms with Crippen molar-refractivity contribution in [2.75, 3.05) is 16.8 Å². The van der Waals surface area contributed by atoms with Crippen LogP contribution < -0.4 is 10.2 Å². The van der Waals surface area contributed by atoms with Gasteiger partial charge in [-0.25, -0.2) is 9.97 Å². The van der Waals surface area contributed by atoms with Crippen molar-refractivity contribution in [2.24, 2.45) is 0 Å². The van der Waals surface area contributed by atoms with Crippen molar-refractivity contribution < 1.29 is 4.79 Å². The molecular weight excluding hydrogens is 324 g/mol. The molecule has 0 bridgehead atoms. The Bertz CT molecular complexity index is 954. The van der Waals surface area contributed by atoms with E-state index in [9.17, 15) is 4.79 Å². The van der Waals surface area contributed by atoms with E-state index in [1.54, 1.807) is 13.3 Å². The summed E-state index contributed by atoms with van der Waals surface area (Å²) in [6.45, 7) is 3.36. The number of anilines is 3. The van der Waals surface area contributed by atoms with Gasteiger partial charge in [-0.05, 0) is 36.6 Å². The van der Waals surface area contributed by atoms with Crippen LogP contribution in [-0.4, -0.2) is 22.3 Å². The van der Waals surface area contributed by atoms with Gasteiger partial charge in [0.1, 0.15) is 18.0 Å². The predicted molar refractivity (Wildman–Crippen MR) is 103 cm³/mol. The Balaban J connectivity index is 1.54. The fourth-order valence-corrected chi connectivity index (χ4v) is 3.24. The average molecular weight is 344 g/mol. The first kappa shape index (κ1) is 16.3. The van der Waals surface area contributed by atoms with Gasteiger partial charge in [0.2, 0.25) is 0 Å². The second-order valence-corrected chi connectivity index (χ2v) is 6.46. The number of nitrogens with one attached hydrogen (secondary N) is 1. The molecule has 5 heteroatoms. The monoisotopic (exact) mass is 344 g/mol. The highest BCUT2D eigenvalue weighted by Crippen LogP contribution is 2.25. The molecule has 26 heavy (non-hydrogen) atoms. The molecule has 2 aromatic carbocycles. The van der Waals surface area contributed by atoms with Crippen molar-refractivity contribution in [1.82, 2.24) is 9.97 Å². The molecular formula is C21H20N4O. The van der Waals surface area contributed by atoms with E-state index in [-0.39, 0.29) is 5.78 Å². The average Bonchev–Trinajstić information content (AvgIpc) is 2.68. The van der Waals surface area contributed by atoms with Gasteiger partial charge in [0, 0.05) is 30.4 Å². The maximum Gasteiger partial charge on any atom is 0.159 e. The molecule has 130 valence electrons. The number of carbonyl (C=O) groups is 1. The summed E-state index contributed by atoms with van der Waals surface area (Å²) in [6, 6.07) is 17.9. The number of rotatable bonds is 4. The number of aromatic nitrogens is 2. The summed E-state index contributed by atoms with van der Waals surface area (Å²) in [6.07, 6.45) is 2.59. The molecule has 0 atom stereocenters. The highest BCUT2D eigenvalue weighted by molar-refractivity contribution is 5.95. The quantitative estimate of drug-likeness (QED) is 0.725. The molecule has 0 amide bonds. The highest BCUT2D eigenvalue weighted by Gasteiger charge is 2.17. The van der Waals surface area contributed by atoms with Crippen molar-refractivity contribution in [3.8, 4) is 0 Å². The molecule has 0 saturated carbocycles. The molecule has 1 aromatic heterocycles. The molecule has 0 saturated heterocycles. The molecule has 2 heterocycles. The van der Waals surface area contributed by atoms with Crippen LogP contribution in [0, 0.1) is 0 Å². The van der Waals surface area contributed by atoms with Gasteiger partial charge < -0.3 is 10.2 Å². The van der Waals surface area contributed by atoms with E-state index >= 15 is 0 Å². The minimum atomic E-state index is 0.0454. The lowest BCUT2D eigenvalue weighted by atomic mass is 10.00. The molecule has 1 aliphatic rings. The number of ketones is 1. The van der Waals surface area contributed by atoms with Gasteiger partial charge >= 0.3 is 0 Å². The standard InChI is InChI=1S/C21H20N4O/c1-15(26)17-7-4-8-19(11-17)24-20-12-21(23-14-22-20)25-10-9-16-5-2-3-6-18(16)13-25/h2-8,11-12,14H,9-10,13H2,1H3,(H,22,23,24). The van der Waals surface area contributed by atoms with Crippen molar-refractivity contribution >= 4 is 23.1 Å². The first-order valence-electron chi connectivity index (χ1n) is 8.71. The third-order valence-electron chi connectivity index (χ3n) is 4.65. The third kappa shape index (κ3) is 3.42. The minimum Gasteiger partial charge on any atom is -0.352 e. The Morgan fingerprint density at radius 2 is 1.88 bits per heavy atom. The van der Waals surface area contributed by atoms with Crippen LogP contribution >= 0.6 is 0 Å². The number of hydrogen-bond acceptors (Lipinski definition) is 5. The fraction of sp³-hybridized carbons (Fsp3) is 0.190. The van der Waals surface area contributed by atoms with Gasteiger partial charge in [0.05, 0.1) is 0 Å². The first-order chi connectivity index (χ1) is 12.7. The van der Waals surface area contributed by atoms with Crippen LogP contribution in [-0.2, 0) is 13.0 Å². The van der Waals surface area contributed by atoms with Crippen LogP contribution in [0.4, 0.5) is 17.3 Å². The van der Waals surface area contributed by atoms with Crippen molar-refractivity contribution in [3.63, 3.8) is 0 Å². The summed E-state index contributed by atoms with van der Waals surface area (Å²) in [5.41, 5.74) is 4.28. The lowest BCUT2D eigenvalue weighted by molar-refractivity contribution is 0.101. The lowest BCUT2D eigenvalue weighted by Crippen LogP contribution is -2.31. The molecule has 4 rings (SSSR count). The minimum absolute atomic E-state index is 0.0454. The third-order valence-corrected chi connectivity index (χ3v) is 4.65. The summed E-state index contributed by atoms with van der Waals surface area (Å²) < 4.78 is 0. The van der Waals surface area contributed by atoms with Crippen LogP contribution in [0.5, 0.6) is 0 Å². The van der Waals surface area contributed by atoms with Crippen LogP contribution in [0.2, 0.25) is 0 Å². The molecule has 0 fully saturated rings. The Morgan fingerprint density at radius 3 is 2.73 bits per heavy atom. The number of hydrogen-bond donors (Lipinski definition) is 1. The number of Topliss-reactive ketones (excluding diaryl/α,β-unsaturated/α-hetero) is 1. The van der Waals surface area contributed by atoms with Crippen LogP contribution in [0.15, 0.2) is 60.9 Å². The maximum absolute atomic E-state index is 11.6. The second-order valence-electron chi connectivity index (χ2n) is 6.46. The van der Waals surface area contributed by atoms with Crippen LogP contribution in [0.3, 0.4) is 0 Å². The predicted octanol–water partition coefficient (Wildman–Crippen LogP) is 3.99. The molecule has 0 aliphatic carbocycles. The second kappa shape index (κ2) is 6.96. The number of benzene rings is 2. The topological polar surface area (TPSA) is 58.1 Å². The Hall–Kier alpha value is -3.21. The summed E-state index contributed by atoms with van der Waals surface area (Å²) >= 11 is 0. The zero-order chi connectivity index (χ0) is 17.9. The van der Waals surface area contributed by atoms with Gasteiger partial charge in [-0.1, -0.05) is 36.4 Å². The molecule has 0 unspecified atom stereocenters. The summed E-state index contributed by atoms with van der Waals surface area (Å²) in [5, 5.41) is 3.27. The van der Waals surface area contributed by atoms with Gasteiger partial charge in [0.15, 0.2) is 5.78 Å². The lowest BCUT2D eigenvalue weighted by Gasteiger charge is -2.29. The first-order valence-corrected chi connectivity index (χ1v) is 8.71. The van der Waals surface area contributed by atoms with Crippen molar-refractivity contribution in [3.05, 3.63) is 77.6 Å². The molecule has 5 nitrogen and oxygen atoms in total. The Kier molecular flexibility index (Phi) is 4.35. The number of fused-ring (bicyclic) bond motifs is 1. The van der Waals surface area contributed by atoms with E-state index in [0.29, 0.717) is 5.56 Å². The highest BCUT2D eigenvalue weighted by atomic mass is 16.1. The number of nitrogens with zero attached hydrogens (tertiary/aromatic N) is 3. The largest absolute Gasteiger partial charge is 0.352 e. The van der Waals surface area contributed by atoms with E-state index < -0.39 is 0 Å². The van der Waals surface area contributed by atoms with Gasteiger partial charge in [-0.3, -0.25) is 4.79 Å². The Morgan fingerprint density at radius 1 is 1.04 bits per heavy atom. The number of carbonyl (C=O) groups excluding carboxylic acids is 1. The van der Waals surface area contributed by atoms with E-state index in [1.807, 2.05) is 30.3 Å². The van der Waals surface area contributed by atoms with Gasteiger partial charge in [-0.2, -0.15) is 0 Å². The molecule has 0 radical (unpaired) electrons. The summed E-state index contributed by atoms with van der Waals surface area (Å²) in [7, 11) is 0. The van der Waals surface area contributed by atoms with E-state index in [0.717, 1.165) is 36.8 Å². The molecule has 1 N–H and O–H groups in total. The van der Waals surface area contributed by atoms with E-state index in [2.05, 4.69) is 44.5 Å². The van der Waals surface area contributed by atoms with E-state index in [1.165, 1.54) is 11.1 Å². The van der Waals surface area contributed by atoms with Crippen molar-refractivity contribution in [1.29, 1.82) is 0 Å². The molecule has 0 spiro atoms. The normalized spacial score (nSPS) is 13.2. The van der Waals surface area contributed by atoms with Gasteiger partial charge in [0.25, 0.3) is 0 Å². The maximum atomic E-state index is 11.6. The Labute approximate surface area is 152 Å². The molecule has 3 aromatic rings. The summed E-state index contributed by atoms with van der Waals surface area (Å²) in [5.74, 6) is 1.67. The van der Waals surface area contributed by atoms with E-state index in [4.69, 9.17) is 0 Å². The van der Waals surface area contributed by atoms with Crippen LogP contribution in [0.25, 0.3) is 0 Å². The zero-order valence-corrected chi connectivity index (χ0v) is 14.6. The van der Waals surface area contributed by atoms with Crippen molar-refractivity contribution in [2.45, 2.75) is 19.9 Å². The smallest absolute Gasteiger partial charge is 0.159 e. The fourth-order valence-electron chi connectivity index (χ4n) is 3.24.